The highest BCUT2D eigenvalue weighted by Crippen LogP contribution is 2.28. The number of rotatable bonds is 6. The number of methoxy groups -OCH3 is 1. The summed E-state index contributed by atoms with van der Waals surface area (Å²) >= 11 is 3.22. The molecule has 0 saturated carbocycles. The minimum Gasteiger partial charge on any atom is -0.383 e. The summed E-state index contributed by atoms with van der Waals surface area (Å²) in [5.41, 5.74) is 0.580. The molecule has 1 aromatic rings. The summed E-state index contributed by atoms with van der Waals surface area (Å²) in [4.78, 5) is 10.5. The van der Waals surface area contributed by atoms with E-state index in [1.807, 2.05) is 6.92 Å². The molecule has 0 heterocycles. The van der Waals surface area contributed by atoms with Crippen LogP contribution in [0.2, 0.25) is 0 Å². The van der Waals surface area contributed by atoms with Gasteiger partial charge in [0.05, 0.1) is 11.5 Å². The minimum atomic E-state index is -0.396. The summed E-state index contributed by atoms with van der Waals surface area (Å²) in [5, 5.41) is 14.0. The van der Waals surface area contributed by atoms with Crippen LogP contribution in [-0.4, -0.2) is 24.7 Å². The van der Waals surface area contributed by atoms with Gasteiger partial charge in [-0.15, -0.1) is 0 Å². The van der Waals surface area contributed by atoms with Gasteiger partial charge in [-0.3, -0.25) is 10.1 Å². The standard InChI is InChI=1S/C11H15BrN2O3/c1-3-9(7-17-2)13-10-5-4-8(12)6-11(10)14(15)16/h4-6,9,13H,3,7H2,1-2H3. The van der Waals surface area contributed by atoms with Crippen molar-refractivity contribution in [1.82, 2.24) is 0 Å². The number of nitro benzene ring substituents is 1. The molecule has 0 radical (unpaired) electrons. The van der Waals surface area contributed by atoms with Crippen molar-refractivity contribution < 1.29 is 9.66 Å². The SMILES string of the molecule is CCC(COC)Nc1ccc(Br)cc1[N+](=O)[O-]. The van der Waals surface area contributed by atoms with Gasteiger partial charge in [0.1, 0.15) is 5.69 Å². The maximum absolute atomic E-state index is 10.9. The van der Waals surface area contributed by atoms with Gasteiger partial charge in [0, 0.05) is 23.7 Å². The van der Waals surface area contributed by atoms with Gasteiger partial charge in [0.2, 0.25) is 0 Å². The highest BCUT2D eigenvalue weighted by atomic mass is 79.9. The topological polar surface area (TPSA) is 64.4 Å². The van der Waals surface area contributed by atoms with Crippen LogP contribution in [0.1, 0.15) is 13.3 Å². The number of nitrogens with zero attached hydrogens (tertiary/aromatic N) is 1. The van der Waals surface area contributed by atoms with Crippen LogP contribution in [0.5, 0.6) is 0 Å². The molecule has 94 valence electrons. The van der Waals surface area contributed by atoms with Crippen molar-refractivity contribution >= 4 is 27.3 Å². The van der Waals surface area contributed by atoms with Crippen LogP contribution in [0.4, 0.5) is 11.4 Å². The Balaban J connectivity index is 2.92. The number of nitro groups is 1. The predicted molar refractivity (Wildman–Crippen MR) is 70.4 cm³/mol. The van der Waals surface area contributed by atoms with Gasteiger partial charge >= 0.3 is 0 Å². The molecule has 6 heteroatoms. The summed E-state index contributed by atoms with van der Waals surface area (Å²) in [7, 11) is 1.61. The van der Waals surface area contributed by atoms with E-state index >= 15 is 0 Å². The highest BCUT2D eigenvalue weighted by molar-refractivity contribution is 9.10. The summed E-state index contributed by atoms with van der Waals surface area (Å²) in [6.07, 6.45) is 0.834. The Hall–Kier alpha value is -1.14. The Morgan fingerprint density at radius 1 is 1.59 bits per heavy atom. The Bertz CT molecular complexity index is 398. The number of ether oxygens (including phenoxy) is 1. The number of benzene rings is 1. The second kappa shape index (κ2) is 6.56. The van der Waals surface area contributed by atoms with Gasteiger partial charge < -0.3 is 10.1 Å². The van der Waals surface area contributed by atoms with Crippen LogP contribution >= 0.6 is 15.9 Å². The zero-order valence-corrected chi connectivity index (χ0v) is 11.4. The lowest BCUT2D eigenvalue weighted by Gasteiger charge is -2.17. The van der Waals surface area contributed by atoms with Gasteiger partial charge in [-0.2, -0.15) is 0 Å². The van der Waals surface area contributed by atoms with Crippen LogP contribution in [0.25, 0.3) is 0 Å². The third-order valence-corrected chi connectivity index (χ3v) is 2.87. The molecule has 0 aliphatic heterocycles. The van der Waals surface area contributed by atoms with Crippen molar-refractivity contribution in [2.45, 2.75) is 19.4 Å². The van der Waals surface area contributed by atoms with E-state index in [1.54, 1.807) is 19.2 Å². The van der Waals surface area contributed by atoms with Crippen LogP contribution in [0.3, 0.4) is 0 Å². The van der Waals surface area contributed by atoms with E-state index in [2.05, 4.69) is 21.2 Å². The van der Waals surface area contributed by atoms with E-state index in [4.69, 9.17) is 4.74 Å². The number of halogens is 1. The molecular weight excluding hydrogens is 288 g/mol. The van der Waals surface area contributed by atoms with Crippen molar-refractivity contribution in [3.63, 3.8) is 0 Å². The Kier molecular flexibility index (Phi) is 5.37. The van der Waals surface area contributed by atoms with Gasteiger partial charge in [-0.1, -0.05) is 22.9 Å². The first kappa shape index (κ1) is 13.9. The molecule has 17 heavy (non-hydrogen) atoms. The van der Waals surface area contributed by atoms with Crippen LogP contribution in [0, 0.1) is 10.1 Å². The fraction of sp³-hybridized carbons (Fsp3) is 0.455. The summed E-state index contributed by atoms with van der Waals surface area (Å²) < 4.78 is 5.74. The number of anilines is 1. The molecular formula is C11H15BrN2O3. The molecule has 0 aromatic heterocycles. The first-order valence-corrected chi connectivity index (χ1v) is 6.07. The molecule has 0 bridgehead atoms. The van der Waals surface area contributed by atoms with E-state index < -0.39 is 4.92 Å². The third-order valence-electron chi connectivity index (χ3n) is 2.38. The third kappa shape index (κ3) is 3.98. The number of hydrogen-bond donors (Lipinski definition) is 1. The molecule has 0 aliphatic rings. The monoisotopic (exact) mass is 302 g/mol. The van der Waals surface area contributed by atoms with E-state index in [0.29, 0.717) is 16.8 Å². The fourth-order valence-electron chi connectivity index (χ4n) is 1.46. The Morgan fingerprint density at radius 3 is 2.82 bits per heavy atom. The van der Waals surface area contributed by atoms with Crippen molar-refractivity contribution in [3.05, 3.63) is 32.8 Å². The Morgan fingerprint density at radius 2 is 2.29 bits per heavy atom. The molecule has 1 aromatic carbocycles. The Labute approximate surface area is 108 Å². The average Bonchev–Trinajstić information content (AvgIpc) is 2.30. The van der Waals surface area contributed by atoms with Crippen molar-refractivity contribution in [1.29, 1.82) is 0 Å². The normalized spacial score (nSPS) is 12.2. The van der Waals surface area contributed by atoms with Gasteiger partial charge in [-0.25, -0.2) is 0 Å². The molecule has 5 nitrogen and oxygen atoms in total. The zero-order valence-electron chi connectivity index (χ0n) is 9.77. The maximum atomic E-state index is 10.9. The van der Waals surface area contributed by atoms with Crippen LogP contribution < -0.4 is 5.32 Å². The highest BCUT2D eigenvalue weighted by Gasteiger charge is 2.16. The molecule has 1 unspecified atom stereocenters. The van der Waals surface area contributed by atoms with E-state index in [9.17, 15) is 10.1 Å². The first-order chi connectivity index (χ1) is 8.08. The second-order valence-electron chi connectivity index (χ2n) is 3.62. The van der Waals surface area contributed by atoms with Crippen molar-refractivity contribution in [3.8, 4) is 0 Å². The molecule has 0 spiro atoms. The van der Waals surface area contributed by atoms with Crippen LogP contribution in [0.15, 0.2) is 22.7 Å². The van der Waals surface area contributed by atoms with Crippen LogP contribution in [-0.2, 0) is 4.74 Å². The molecule has 1 atom stereocenters. The van der Waals surface area contributed by atoms with Gasteiger partial charge in [0.25, 0.3) is 5.69 Å². The lowest BCUT2D eigenvalue weighted by atomic mass is 10.2. The molecule has 0 aliphatic carbocycles. The quantitative estimate of drug-likeness (QED) is 0.647. The largest absolute Gasteiger partial charge is 0.383 e. The number of nitrogens with one attached hydrogen (secondary N) is 1. The van der Waals surface area contributed by atoms with Gasteiger partial charge in [0.15, 0.2) is 0 Å². The second-order valence-corrected chi connectivity index (χ2v) is 4.54. The minimum absolute atomic E-state index is 0.0638. The molecule has 0 amide bonds. The summed E-state index contributed by atoms with van der Waals surface area (Å²) in [6.45, 7) is 2.52. The lowest BCUT2D eigenvalue weighted by molar-refractivity contribution is -0.384. The fourth-order valence-corrected chi connectivity index (χ4v) is 1.81. The molecule has 0 saturated heterocycles. The van der Waals surface area contributed by atoms with Crippen molar-refractivity contribution in [2.75, 3.05) is 19.0 Å². The average molecular weight is 303 g/mol. The summed E-state index contributed by atoms with van der Waals surface area (Å²) in [6, 6.07) is 5.02. The smallest absolute Gasteiger partial charge is 0.293 e. The van der Waals surface area contributed by atoms with E-state index in [1.165, 1.54) is 6.07 Å². The molecule has 0 fully saturated rings. The maximum Gasteiger partial charge on any atom is 0.293 e. The zero-order chi connectivity index (χ0) is 12.8. The number of hydrogen-bond acceptors (Lipinski definition) is 4. The van der Waals surface area contributed by atoms with Gasteiger partial charge in [-0.05, 0) is 18.6 Å². The lowest BCUT2D eigenvalue weighted by Crippen LogP contribution is -2.24. The summed E-state index contributed by atoms with van der Waals surface area (Å²) in [5.74, 6) is 0. The first-order valence-electron chi connectivity index (χ1n) is 5.27. The van der Waals surface area contributed by atoms with Crippen molar-refractivity contribution in [2.24, 2.45) is 0 Å². The molecule has 1 rings (SSSR count). The predicted octanol–water partition coefficient (Wildman–Crippen LogP) is 3.19. The van der Waals surface area contributed by atoms with E-state index in [0.717, 1.165) is 6.42 Å². The van der Waals surface area contributed by atoms with E-state index in [-0.39, 0.29) is 11.7 Å². The molecule has 1 N–H and O–H groups in total.